The lowest BCUT2D eigenvalue weighted by Crippen LogP contribution is -2.41. The maximum absolute atomic E-state index is 12.9. The number of carbonyl (C=O) groups is 1. The van der Waals surface area contributed by atoms with E-state index in [2.05, 4.69) is 0 Å². The number of likely N-dealkylation sites (tertiary alicyclic amines) is 1. The van der Waals surface area contributed by atoms with Crippen molar-refractivity contribution in [2.24, 2.45) is 5.73 Å². The molecule has 8 heteroatoms. The molecule has 126 valence electrons. The SMILES string of the molecule is N[C@@H]1CCN(C(=O)c2ccccc2S(=O)(=O)N2CCOCC2)C1. The summed E-state index contributed by atoms with van der Waals surface area (Å²) in [6, 6.07) is 6.34. The standard InChI is InChI=1S/C15H21N3O4S/c16-12-5-6-17(11-12)15(19)13-3-1-2-4-14(13)23(20,21)18-7-9-22-10-8-18/h1-4,12H,5-11,16H2/t12-/m1/s1. The van der Waals surface area contributed by atoms with Crippen molar-refractivity contribution in [3.63, 3.8) is 0 Å². The molecule has 0 saturated carbocycles. The van der Waals surface area contributed by atoms with Crippen LogP contribution in [0.25, 0.3) is 0 Å². The van der Waals surface area contributed by atoms with E-state index in [1.54, 1.807) is 23.1 Å². The quantitative estimate of drug-likeness (QED) is 0.829. The van der Waals surface area contributed by atoms with Crippen molar-refractivity contribution in [2.75, 3.05) is 39.4 Å². The Kier molecular flexibility index (Phi) is 4.67. The molecule has 1 amide bonds. The molecule has 0 aliphatic carbocycles. The van der Waals surface area contributed by atoms with E-state index in [0.29, 0.717) is 39.4 Å². The summed E-state index contributed by atoms with van der Waals surface area (Å²) in [5.74, 6) is -0.273. The number of ether oxygens (including phenoxy) is 1. The van der Waals surface area contributed by atoms with E-state index in [1.807, 2.05) is 0 Å². The van der Waals surface area contributed by atoms with Gasteiger partial charge in [0.25, 0.3) is 5.91 Å². The Labute approximate surface area is 136 Å². The average molecular weight is 339 g/mol. The van der Waals surface area contributed by atoms with Crippen LogP contribution in [-0.2, 0) is 14.8 Å². The Bertz CT molecular complexity index is 686. The zero-order chi connectivity index (χ0) is 16.4. The minimum atomic E-state index is -3.71. The van der Waals surface area contributed by atoms with Gasteiger partial charge in [-0.3, -0.25) is 4.79 Å². The minimum Gasteiger partial charge on any atom is -0.379 e. The number of nitrogens with zero attached hydrogens (tertiary/aromatic N) is 2. The number of rotatable bonds is 3. The second kappa shape index (κ2) is 6.56. The van der Waals surface area contributed by atoms with Gasteiger partial charge in [-0.2, -0.15) is 4.31 Å². The Morgan fingerprint density at radius 1 is 1.17 bits per heavy atom. The summed E-state index contributed by atoms with van der Waals surface area (Å²) in [5, 5.41) is 0. The first-order valence-corrected chi connectivity index (χ1v) is 9.16. The van der Waals surface area contributed by atoms with E-state index in [-0.39, 0.29) is 22.4 Å². The lowest BCUT2D eigenvalue weighted by molar-refractivity contribution is 0.0727. The first-order chi connectivity index (χ1) is 11.0. The highest BCUT2D eigenvalue weighted by Gasteiger charge is 2.32. The van der Waals surface area contributed by atoms with E-state index in [9.17, 15) is 13.2 Å². The van der Waals surface area contributed by atoms with E-state index >= 15 is 0 Å². The van der Waals surface area contributed by atoms with Gasteiger partial charge in [0, 0.05) is 32.2 Å². The number of carbonyl (C=O) groups excluding carboxylic acids is 1. The van der Waals surface area contributed by atoms with Gasteiger partial charge >= 0.3 is 0 Å². The molecule has 0 bridgehead atoms. The molecule has 0 unspecified atom stereocenters. The molecule has 3 rings (SSSR count). The fourth-order valence-corrected chi connectivity index (χ4v) is 4.53. The third-order valence-corrected chi connectivity index (χ3v) is 6.17. The molecule has 2 aliphatic rings. The molecule has 1 atom stereocenters. The fourth-order valence-electron chi connectivity index (χ4n) is 2.94. The summed E-state index contributed by atoms with van der Waals surface area (Å²) in [6.07, 6.45) is 0.740. The molecule has 2 aliphatic heterocycles. The molecule has 2 fully saturated rings. The minimum absolute atomic E-state index is 0.0398. The summed E-state index contributed by atoms with van der Waals surface area (Å²) < 4.78 is 32.3. The number of amides is 1. The van der Waals surface area contributed by atoms with Crippen LogP contribution in [0.1, 0.15) is 16.8 Å². The summed E-state index contributed by atoms with van der Waals surface area (Å²) >= 11 is 0. The molecular weight excluding hydrogens is 318 g/mol. The first-order valence-electron chi connectivity index (χ1n) is 7.72. The van der Waals surface area contributed by atoms with E-state index in [0.717, 1.165) is 6.42 Å². The van der Waals surface area contributed by atoms with Crippen LogP contribution in [0.5, 0.6) is 0 Å². The third-order valence-electron chi connectivity index (χ3n) is 4.22. The number of morpholine rings is 1. The van der Waals surface area contributed by atoms with Gasteiger partial charge in [-0.1, -0.05) is 12.1 Å². The number of sulfonamides is 1. The van der Waals surface area contributed by atoms with Gasteiger partial charge in [-0.25, -0.2) is 8.42 Å². The molecule has 1 aromatic carbocycles. The molecule has 23 heavy (non-hydrogen) atoms. The highest BCUT2D eigenvalue weighted by atomic mass is 32.2. The van der Waals surface area contributed by atoms with Crippen molar-refractivity contribution >= 4 is 15.9 Å². The van der Waals surface area contributed by atoms with Gasteiger partial charge in [0.1, 0.15) is 0 Å². The third kappa shape index (κ3) is 3.25. The van der Waals surface area contributed by atoms with Gasteiger partial charge in [0.2, 0.25) is 10.0 Å². The highest BCUT2D eigenvalue weighted by Crippen LogP contribution is 2.23. The molecule has 1 aromatic rings. The van der Waals surface area contributed by atoms with Crippen molar-refractivity contribution in [1.82, 2.24) is 9.21 Å². The molecule has 2 heterocycles. The van der Waals surface area contributed by atoms with Crippen LogP contribution in [-0.4, -0.2) is 69.0 Å². The lowest BCUT2D eigenvalue weighted by atomic mass is 10.2. The van der Waals surface area contributed by atoms with Gasteiger partial charge in [0.15, 0.2) is 0 Å². The monoisotopic (exact) mass is 339 g/mol. The van der Waals surface area contributed by atoms with Crippen LogP contribution in [0, 0.1) is 0 Å². The summed E-state index contributed by atoms with van der Waals surface area (Å²) in [6.45, 7) is 2.38. The molecule has 2 saturated heterocycles. The number of benzene rings is 1. The Balaban J connectivity index is 1.92. The number of hydrogen-bond donors (Lipinski definition) is 1. The summed E-state index contributed by atoms with van der Waals surface area (Å²) in [7, 11) is -3.71. The van der Waals surface area contributed by atoms with Crippen molar-refractivity contribution in [1.29, 1.82) is 0 Å². The average Bonchev–Trinajstić information content (AvgIpc) is 3.01. The molecule has 0 radical (unpaired) electrons. The Morgan fingerprint density at radius 2 is 1.87 bits per heavy atom. The van der Waals surface area contributed by atoms with Crippen LogP contribution < -0.4 is 5.73 Å². The van der Waals surface area contributed by atoms with Crippen LogP contribution >= 0.6 is 0 Å². The normalized spacial score (nSPS) is 23.2. The van der Waals surface area contributed by atoms with Gasteiger partial charge in [-0.05, 0) is 18.6 Å². The van der Waals surface area contributed by atoms with Crippen LogP contribution in [0.2, 0.25) is 0 Å². The van der Waals surface area contributed by atoms with Crippen molar-refractivity contribution in [2.45, 2.75) is 17.4 Å². The number of nitrogens with two attached hydrogens (primary N) is 1. The molecular formula is C15H21N3O4S. The predicted molar refractivity (Wildman–Crippen MR) is 84.5 cm³/mol. The van der Waals surface area contributed by atoms with Gasteiger partial charge < -0.3 is 15.4 Å². The molecule has 0 spiro atoms. The predicted octanol–water partition coefficient (Wildman–Crippen LogP) is -0.119. The van der Waals surface area contributed by atoms with Crippen molar-refractivity contribution in [3.05, 3.63) is 29.8 Å². The van der Waals surface area contributed by atoms with Crippen LogP contribution in [0.3, 0.4) is 0 Å². The lowest BCUT2D eigenvalue weighted by Gasteiger charge is -2.27. The van der Waals surface area contributed by atoms with E-state index < -0.39 is 10.0 Å². The van der Waals surface area contributed by atoms with E-state index in [4.69, 9.17) is 10.5 Å². The summed E-state index contributed by atoms with van der Waals surface area (Å²) in [4.78, 5) is 14.4. The number of hydrogen-bond acceptors (Lipinski definition) is 5. The van der Waals surface area contributed by atoms with Crippen LogP contribution in [0.15, 0.2) is 29.2 Å². The smallest absolute Gasteiger partial charge is 0.255 e. The van der Waals surface area contributed by atoms with E-state index in [1.165, 1.54) is 10.4 Å². The van der Waals surface area contributed by atoms with Gasteiger partial charge in [0.05, 0.1) is 23.7 Å². The molecule has 7 nitrogen and oxygen atoms in total. The Morgan fingerprint density at radius 3 is 2.52 bits per heavy atom. The van der Waals surface area contributed by atoms with Crippen molar-refractivity contribution < 1.29 is 17.9 Å². The maximum Gasteiger partial charge on any atom is 0.255 e. The van der Waals surface area contributed by atoms with Crippen LogP contribution in [0.4, 0.5) is 0 Å². The topological polar surface area (TPSA) is 92.9 Å². The first kappa shape index (κ1) is 16.4. The largest absolute Gasteiger partial charge is 0.379 e. The zero-order valence-electron chi connectivity index (χ0n) is 12.8. The molecule has 2 N–H and O–H groups in total. The van der Waals surface area contributed by atoms with Gasteiger partial charge in [-0.15, -0.1) is 0 Å². The zero-order valence-corrected chi connectivity index (χ0v) is 13.7. The highest BCUT2D eigenvalue weighted by molar-refractivity contribution is 7.89. The maximum atomic E-state index is 12.9. The fraction of sp³-hybridized carbons (Fsp3) is 0.533. The second-order valence-electron chi connectivity index (χ2n) is 5.81. The summed E-state index contributed by atoms with van der Waals surface area (Å²) in [5.41, 5.74) is 6.06. The second-order valence-corrected chi connectivity index (χ2v) is 7.72. The molecule has 0 aromatic heterocycles. The van der Waals surface area contributed by atoms with Crippen molar-refractivity contribution in [3.8, 4) is 0 Å². The Hall–Kier alpha value is -1.48.